The van der Waals surface area contributed by atoms with Crippen molar-refractivity contribution in [2.75, 3.05) is 31.3 Å². The van der Waals surface area contributed by atoms with Gasteiger partial charge in [0.1, 0.15) is 22.9 Å². The van der Waals surface area contributed by atoms with Crippen LogP contribution in [0.5, 0.6) is 17.4 Å². The van der Waals surface area contributed by atoms with Crippen molar-refractivity contribution in [2.24, 2.45) is 5.92 Å². The van der Waals surface area contributed by atoms with Crippen LogP contribution in [0.4, 0.5) is 5.82 Å². The van der Waals surface area contributed by atoms with Gasteiger partial charge in [0.2, 0.25) is 15.9 Å². The molecule has 5 rings (SSSR count). The third-order valence-corrected chi connectivity index (χ3v) is 7.84. The standard InChI is InChI=1S/C26H30N6O6S/c1-5-38-21-11-6-8-17(28-21)24-30-23-25(32(24)22-18(36-3)9-7-10-19(22)37-4)29-20(14-27-23)31-39(34,35)15-16-12-26(2,33)13-16/h6-11,14,16,33H,5,12-13,15H2,1-4H3,(H,29,31). The van der Waals surface area contributed by atoms with E-state index in [4.69, 9.17) is 19.2 Å². The van der Waals surface area contributed by atoms with Crippen LogP contribution in [0.15, 0.2) is 42.6 Å². The zero-order chi connectivity index (χ0) is 27.8. The van der Waals surface area contributed by atoms with Gasteiger partial charge in [-0.2, -0.15) is 0 Å². The average molecular weight is 555 g/mol. The van der Waals surface area contributed by atoms with Crippen molar-refractivity contribution < 1.29 is 27.7 Å². The highest BCUT2D eigenvalue weighted by Crippen LogP contribution is 2.39. The molecule has 206 valence electrons. The molecule has 0 bridgehead atoms. The molecule has 1 saturated carbocycles. The van der Waals surface area contributed by atoms with E-state index in [-0.39, 0.29) is 28.8 Å². The number of aromatic nitrogens is 5. The maximum absolute atomic E-state index is 12.9. The lowest BCUT2D eigenvalue weighted by atomic mass is 9.73. The van der Waals surface area contributed by atoms with Crippen LogP contribution in [0.1, 0.15) is 26.7 Å². The SMILES string of the molecule is CCOc1cccc(-c2nc3ncc(NS(=O)(=O)CC4CC(C)(O)C4)nc3n2-c2c(OC)cccc2OC)n1. The Hall–Kier alpha value is -3.97. The van der Waals surface area contributed by atoms with Crippen molar-refractivity contribution in [2.45, 2.75) is 32.3 Å². The van der Waals surface area contributed by atoms with Gasteiger partial charge in [-0.15, -0.1) is 0 Å². The Morgan fingerprint density at radius 2 is 1.77 bits per heavy atom. The third-order valence-electron chi connectivity index (χ3n) is 6.41. The Labute approximate surface area is 226 Å². The Bertz CT molecular complexity index is 1590. The third kappa shape index (κ3) is 5.45. The smallest absolute Gasteiger partial charge is 0.234 e. The van der Waals surface area contributed by atoms with Crippen molar-refractivity contribution in [1.82, 2.24) is 24.5 Å². The number of methoxy groups -OCH3 is 2. The number of fused-ring (bicyclic) bond motifs is 1. The topological polar surface area (TPSA) is 151 Å². The summed E-state index contributed by atoms with van der Waals surface area (Å²) in [6.45, 7) is 4.01. The fourth-order valence-corrected chi connectivity index (χ4v) is 6.27. The van der Waals surface area contributed by atoms with E-state index in [0.717, 1.165) is 0 Å². The van der Waals surface area contributed by atoms with Gasteiger partial charge >= 0.3 is 0 Å². The molecule has 3 aromatic heterocycles. The zero-order valence-electron chi connectivity index (χ0n) is 22.1. The molecule has 0 aliphatic heterocycles. The average Bonchev–Trinajstić information content (AvgIpc) is 3.25. The number of imidazole rings is 1. The molecule has 0 amide bonds. The summed E-state index contributed by atoms with van der Waals surface area (Å²) in [7, 11) is -0.674. The lowest BCUT2D eigenvalue weighted by molar-refractivity contribution is -0.0494. The number of rotatable bonds is 10. The van der Waals surface area contributed by atoms with Crippen molar-refractivity contribution in [3.8, 4) is 34.6 Å². The molecule has 1 fully saturated rings. The van der Waals surface area contributed by atoms with Gasteiger partial charge in [-0.1, -0.05) is 12.1 Å². The number of pyridine rings is 1. The van der Waals surface area contributed by atoms with E-state index in [1.165, 1.54) is 20.4 Å². The Kier molecular flexibility index (Phi) is 7.03. The van der Waals surface area contributed by atoms with Crippen LogP contribution in [0.3, 0.4) is 0 Å². The number of sulfonamides is 1. The van der Waals surface area contributed by atoms with Crippen molar-refractivity contribution in [3.05, 3.63) is 42.6 Å². The van der Waals surface area contributed by atoms with Crippen LogP contribution >= 0.6 is 0 Å². The Morgan fingerprint density at radius 3 is 2.41 bits per heavy atom. The number of para-hydroxylation sites is 1. The second-order valence-corrected chi connectivity index (χ2v) is 11.4. The van der Waals surface area contributed by atoms with Gasteiger partial charge in [-0.3, -0.25) is 9.29 Å². The molecule has 13 heteroatoms. The van der Waals surface area contributed by atoms with Crippen LogP contribution in [0, 0.1) is 5.92 Å². The first kappa shape index (κ1) is 26.6. The summed E-state index contributed by atoms with van der Waals surface area (Å²) in [6.07, 6.45) is 2.17. The molecule has 2 N–H and O–H groups in total. The number of nitrogens with zero attached hydrogens (tertiary/aromatic N) is 5. The number of benzene rings is 1. The monoisotopic (exact) mass is 554 g/mol. The van der Waals surface area contributed by atoms with Gasteiger partial charge in [0.15, 0.2) is 22.9 Å². The molecule has 12 nitrogen and oxygen atoms in total. The largest absolute Gasteiger partial charge is 0.494 e. The lowest BCUT2D eigenvalue weighted by Crippen LogP contribution is -2.44. The molecular formula is C26H30N6O6S. The van der Waals surface area contributed by atoms with Crippen LogP contribution < -0.4 is 18.9 Å². The van der Waals surface area contributed by atoms with Crippen molar-refractivity contribution in [3.63, 3.8) is 0 Å². The number of hydrogen-bond acceptors (Lipinski definition) is 10. The number of hydrogen-bond donors (Lipinski definition) is 2. The quantitative estimate of drug-likeness (QED) is 0.299. The molecule has 0 unspecified atom stereocenters. The van der Waals surface area contributed by atoms with Crippen molar-refractivity contribution in [1.29, 1.82) is 0 Å². The van der Waals surface area contributed by atoms with Crippen molar-refractivity contribution >= 4 is 27.1 Å². The number of anilines is 1. The molecule has 1 aromatic carbocycles. The normalized spacial score (nSPS) is 18.9. The minimum atomic E-state index is -3.75. The molecule has 0 spiro atoms. The molecule has 0 atom stereocenters. The summed E-state index contributed by atoms with van der Waals surface area (Å²) >= 11 is 0. The summed E-state index contributed by atoms with van der Waals surface area (Å²) in [4.78, 5) is 18.3. The molecule has 39 heavy (non-hydrogen) atoms. The van der Waals surface area contributed by atoms with E-state index in [1.54, 1.807) is 47.9 Å². The lowest BCUT2D eigenvalue weighted by Gasteiger charge is -2.40. The fourth-order valence-electron chi connectivity index (χ4n) is 4.92. The molecule has 1 aliphatic carbocycles. The van der Waals surface area contributed by atoms with Gasteiger partial charge < -0.3 is 19.3 Å². The van der Waals surface area contributed by atoms with E-state index in [0.29, 0.717) is 54.0 Å². The maximum Gasteiger partial charge on any atom is 0.234 e. The molecule has 0 saturated heterocycles. The molecule has 3 heterocycles. The second-order valence-electron chi connectivity index (χ2n) is 9.63. The number of aliphatic hydroxyl groups is 1. The van der Waals surface area contributed by atoms with Gasteiger partial charge in [0.25, 0.3) is 0 Å². The van der Waals surface area contributed by atoms with E-state index in [2.05, 4.69) is 19.7 Å². The molecule has 0 radical (unpaired) electrons. The minimum absolute atomic E-state index is 0.0335. The first-order valence-corrected chi connectivity index (χ1v) is 14.1. The number of nitrogens with one attached hydrogen (secondary N) is 1. The maximum atomic E-state index is 12.9. The van der Waals surface area contributed by atoms with Gasteiger partial charge in [-0.25, -0.2) is 28.4 Å². The first-order chi connectivity index (χ1) is 18.6. The summed E-state index contributed by atoms with van der Waals surface area (Å²) in [5.41, 5.74) is 0.688. The first-order valence-electron chi connectivity index (χ1n) is 12.4. The highest BCUT2D eigenvalue weighted by atomic mass is 32.2. The van der Waals surface area contributed by atoms with Gasteiger partial charge in [-0.05, 0) is 50.8 Å². The van der Waals surface area contributed by atoms with Crippen LogP contribution in [-0.4, -0.2) is 70.2 Å². The number of ether oxygens (including phenoxy) is 3. The van der Waals surface area contributed by atoms with Gasteiger partial charge in [0.05, 0.1) is 38.4 Å². The summed E-state index contributed by atoms with van der Waals surface area (Å²) in [5, 5.41) is 9.98. The molecular weight excluding hydrogens is 524 g/mol. The van der Waals surface area contributed by atoms with E-state index in [9.17, 15) is 13.5 Å². The Balaban J connectivity index is 1.64. The van der Waals surface area contributed by atoms with Crippen LogP contribution in [-0.2, 0) is 10.0 Å². The Morgan fingerprint density at radius 1 is 1.08 bits per heavy atom. The minimum Gasteiger partial charge on any atom is -0.494 e. The van der Waals surface area contributed by atoms with Gasteiger partial charge in [0, 0.05) is 6.07 Å². The summed E-state index contributed by atoms with van der Waals surface area (Å²) in [5.74, 6) is 1.53. The summed E-state index contributed by atoms with van der Waals surface area (Å²) in [6, 6.07) is 10.6. The second kappa shape index (κ2) is 10.3. The fraction of sp³-hybridized carbons (Fsp3) is 0.385. The predicted octanol–water partition coefficient (Wildman–Crippen LogP) is 3.20. The molecule has 4 aromatic rings. The van der Waals surface area contributed by atoms with E-state index < -0.39 is 15.6 Å². The van der Waals surface area contributed by atoms with E-state index in [1.807, 2.05) is 6.92 Å². The highest BCUT2D eigenvalue weighted by Gasteiger charge is 2.40. The van der Waals surface area contributed by atoms with E-state index >= 15 is 0 Å². The predicted molar refractivity (Wildman–Crippen MR) is 145 cm³/mol. The van der Waals surface area contributed by atoms with Crippen LogP contribution in [0.25, 0.3) is 28.5 Å². The molecule has 1 aliphatic rings. The van der Waals surface area contributed by atoms with Crippen LogP contribution in [0.2, 0.25) is 0 Å². The highest BCUT2D eigenvalue weighted by molar-refractivity contribution is 7.92. The summed E-state index contributed by atoms with van der Waals surface area (Å²) < 4.78 is 46.9. The zero-order valence-corrected chi connectivity index (χ0v) is 22.9.